The highest BCUT2D eigenvalue weighted by Gasteiger charge is 2.24. The van der Waals surface area contributed by atoms with Gasteiger partial charge in [-0.2, -0.15) is 0 Å². The molecule has 9 heteroatoms. The summed E-state index contributed by atoms with van der Waals surface area (Å²) in [5.41, 5.74) is 1.07. The van der Waals surface area contributed by atoms with Gasteiger partial charge >= 0.3 is 0 Å². The van der Waals surface area contributed by atoms with E-state index >= 15 is 0 Å². The second-order valence-corrected chi connectivity index (χ2v) is 9.33. The average molecular weight is 513 g/mol. The molecule has 5 nitrogen and oxygen atoms in total. The van der Waals surface area contributed by atoms with Crippen molar-refractivity contribution in [3.63, 3.8) is 0 Å². The van der Waals surface area contributed by atoms with Gasteiger partial charge in [0.15, 0.2) is 5.13 Å². The molecule has 1 aliphatic heterocycles. The lowest BCUT2D eigenvalue weighted by Crippen LogP contribution is -2.39. The fourth-order valence-corrected chi connectivity index (χ4v) is 4.94. The van der Waals surface area contributed by atoms with Crippen LogP contribution in [-0.4, -0.2) is 55.2 Å². The van der Waals surface area contributed by atoms with Crippen molar-refractivity contribution in [1.82, 2.24) is 9.88 Å². The summed E-state index contributed by atoms with van der Waals surface area (Å²) in [4.78, 5) is 22.0. The van der Waals surface area contributed by atoms with Gasteiger partial charge in [0.25, 0.3) is 5.91 Å². The molecular formula is C21H20BrClFN3O2S. The first-order chi connectivity index (χ1) is 14.5. The number of ether oxygens (including phenoxy) is 1. The van der Waals surface area contributed by atoms with Crippen LogP contribution in [0.3, 0.4) is 0 Å². The van der Waals surface area contributed by atoms with Crippen LogP contribution in [0.25, 0.3) is 10.2 Å². The van der Waals surface area contributed by atoms with E-state index in [0.717, 1.165) is 43.7 Å². The van der Waals surface area contributed by atoms with Crippen molar-refractivity contribution >= 4 is 60.1 Å². The summed E-state index contributed by atoms with van der Waals surface area (Å²) >= 11 is 11.0. The van der Waals surface area contributed by atoms with Gasteiger partial charge in [-0.1, -0.05) is 38.9 Å². The predicted molar refractivity (Wildman–Crippen MR) is 122 cm³/mol. The van der Waals surface area contributed by atoms with Gasteiger partial charge in [-0.25, -0.2) is 9.37 Å². The molecule has 2 aromatic carbocycles. The number of thiazole rings is 1. The van der Waals surface area contributed by atoms with Crippen molar-refractivity contribution in [1.29, 1.82) is 0 Å². The molecule has 4 rings (SSSR count). The van der Waals surface area contributed by atoms with Crippen molar-refractivity contribution < 1.29 is 13.9 Å². The number of morpholine rings is 1. The van der Waals surface area contributed by atoms with Gasteiger partial charge in [-0.3, -0.25) is 14.6 Å². The van der Waals surface area contributed by atoms with Gasteiger partial charge in [0.05, 0.1) is 34.0 Å². The molecule has 3 aromatic rings. The minimum atomic E-state index is -0.321. The summed E-state index contributed by atoms with van der Waals surface area (Å²) in [5.74, 6) is -0.541. The summed E-state index contributed by atoms with van der Waals surface area (Å²) < 4.78 is 20.5. The molecule has 0 N–H and O–H groups in total. The van der Waals surface area contributed by atoms with Crippen molar-refractivity contribution in [2.45, 2.75) is 6.42 Å². The summed E-state index contributed by atoms with van der Waals surface area (Å²) in [6.07, 6.45) is 0.779. The second kappa shape index (κ2) is 9.70. The molecule has 0 spiro atoms. The summed E-state index contributed by atoms with van der Waals surface area (Å²) in [5, 5.41) is 0.923. The Bertz CT molecular complexity index is 1060. The lowest BCUT2D eigenvalue weighted by molar-refractivity contribution is 0.0376. The third kappa shape index (κ3) is 5.00. The minimum absolute atomic E-state index is 0.220. The van der Waals surface area contributed by atoms with Gasteiger partial charge in [0.1, 0.15) is 5.82 Å². The number of hydrogen-bond donors (Lipinski definition) is 0. The van der Waals surface area contributed by atoms with E-state index in [1.54, 1.807) is 29.2 Å². The fourth-order valence-electron chi connectivity index (χ4n) is 3.37. The molecule has 1 fully saturated rings. The number of hydrogen-bond acceptors (Lipinski definition) is 5. The number of halogens is 3. The van der Waals surface area contributed by atoms with Crippen LogP contribution in [0.2, 0.25) is 5.02 Å². The Morgan fingerprint density at radius 2 is 2.07 bits per heavy atom. The molecule has 1 saturated heterocycles. The summed E-state index contributed by atoms with van der Waals surface area (Å²) in [6, 6.07) is 9.65. The number of fused-ring (bicyclic) bond motifs is 1. The van der Waals surface area contributed by atoms with Crippen molar-refractivity contribution in [2.75, 3.05) is 44.3 Å². The molecule has 1 aromatic heterocycles. The topological polar surface area (TPSA) is 45.7 Å². The Morgan fingerprint density at radius 3 is 2.87 bits per heavy atom. The number of benzene rings is 2. The number of carbonyl (C=O) groups excluding carboxylic acids is 1. The minimum Gasteiger partial charge on any atom is -0.379 e. The molecule has 0 radical (unpaired) electrons. The van der Waals surface area contributed by atoms with Crippen LogP contribution >= 0.6 is 38.9 Å². The maximum atomic E-state index is 13.6. The number of carbonyl (C=O) groups is 1. The zero-order valence-electron chi connectivity index (χ0n) is 16.1. The van der Waals surface area contributed by atoms with Gasteiger partial charge in [-0.15, -0.1) is 0 Å². The Morgan fingerprint density at radius 1 is 1.27 bits per heavy atom. The molecule has 0 unspecified atom stereocenters. The number of anilines is 1. The molecule has 0 aliphatic carbocycles. The SMILES string of the molecule is O=C(c1cc(Br)ccc1Cl)N(CCCN1CCOCC1)c1nc2ccc(F)cc2s1. The standard InChI is InChI=1S/C21H20BrClFN3O2S/c22-14-2-4-17(23)16(12-14)20(28)27(7-1-6-26-8-10-29-11-9-26)21-25-18-5-3-15(24)13-19(18)30-21/h2-5,12-13H,1,6-11H2. The summed E-state index contributed by atoms with van der Waals surface area (Å²) in [7, 11) is 0. The zero-order chi connectivity index (χ0) is 21.1. The molecule has 0 atom stereocenters. The van der Waals surface area contributed by atoms with Gasteiger partial charge in [0, 0.05) is 30.7 Å². The highest BCUT2D eigenvalue weighted by Crippen LogP contribution is 2.32. The number of amides is 1. The second-order valence-electron chi connectivity index (χ2n) is 7.00. The van der Waals surface area contributed by atoms with E-state index in [4.69, 9.17) is 16.3 Å². The Hall–Kier alpha value is -1.58. The van der Waals surface area contributed by atoms with E-state index in [0.29, 0.717) is 32.5 Å². The third-order valence-corrected chi connectivity index (χ3v) is 6.80. The third-order valence-electron chi connectivity index (χ3n) is 4.93. The first-order valence-corrected chi connectivity index (χ1v) is 11.6. The molecular weight excluding hydrogens is 493 g/mol. The first-order valence-electron chi connectivity index (χ1n) is 9.64. The Balaban J connectivity index is 1.60. The van der Waals surface area contributed by atoms with Crippen LogP contribution in [0.4, 0.5) is 9.52 Å². The van der Waals surface area contributed by atoms with E-state index in [1.807, 2.05) is 0 Å². The molecule has 1 aliphatic rings. The van der Waals surface area contributed by atoms with E-state index in [2.05, 4.69) is 25.8 Å². The maximum absolute atomic E-state index is 13.6. The lowest BCUT2D eigenvalue weighted by atomic mass is 10.2. The van der Waals surface area contributed by atoms with Crippen LogP contribution in [0.1, 0.15) is 16.8 Å². The average Bonchev–Trinajstić information content (AvgIpc) is 3.16. The Labute approximate surface area is 191 Å². The van der Waals surface area contributed by atoms with Crippen LogP contribution in [0.15, 0.2) is 40.9 Å². The number of aromatic nitrogens is 1. The first kappa shape index (κ1) is 21.6. The number of rotatable bonds is 6. The molecule has 0 bridgehead atoms. The van der Waals surface area contributed by atoms with E-state index in [9.17, 15) is 9.18 Å². The molecule has 158 valence electrons. The molecule has 2 heterocycles. The van der Waals surface area contributed by atoms with Crippen LogP contribution < -0.4 is 4.90 Å². The van der Waals surface area contributed by atoms with Crippen molar-refractivity contribution in [2.24, 2.45) is 0 Å². The smallest absolute Gasteiger partial charge is 0.261 e. The summed E-state index contributed by atoms with van der Waals surface area (Å²) in [6.45, 7) is 4.61. The van der Waals surface area contributed by atoms with Crippen LogP contribution in [-0.2, 0) is 4.74 Å². The Kier molecular flexibility index (Phi) is 7.00. The quantitative estimate of drug-likeness (QED) is 0.454. The van der Waals surface area contributed by atoms with E-state index < -0.39 is 0 Å². The van der Waals surface area contributed by atoms with Gasteiger partial charge < -0.3 is 4.74 Å². The predicted octanol–water partition coefficient (Wildman–Crippen LogP) is 5.22. The lowest BCUT2D eigenvalue weighted by Gasteiger charge is -2.27. The molecule has 1 amide bonds. The normalized spacial score (nSPS) is 14.9. The van der Waals surface area contributed by atoms with Gasteiger partial charge in [-0.05, 0) is 42.8 Å². The van der Waals surface area contributed by atoms with Crippen molar-refractivity contribution in [3.05, 3.63) is 57.3 Å². The maximum Gasteiger partial charge on any atom is 0.261 e. The van der Waals surface area contributed by atoms with E-state index in [1.165, 1.54) is 23.5 Å². The van der Waals surface area contributed by atoms with Crippen LogP contribution in [0.5, 0.6) is 0 Å². The van der Waals surface area contributed by atoms with Crippen molar-refractivity contribution in [3.8, 4) is 0 Å². The zero-order valence-corrected chi connectivity index (χ0v) is 19.3. The molecule has 0 saturated carbocycles. The van der Waals surface area contributed by atoms with E-state index in [-0.39, 0.29) is 11.7 Å². The van der Waals surface area contributed by atoms with Gasteiger partial charge in [0.2, 0.25) is 0 Å². The highest BCUT2D eigenvalue weighted by molar-refractivity contribution is 9.10. The number of nitrogens with zero attached hydrogens (tertiary/aromatic N) is 3. The largest absolute Gasteiger partial charge is 0.379 e. The molecule has 30 heavy (non-hydrogen) atoms. The monoisotopic (exact) mass is 511 g/mol. The fraction of sp³-hybridized carbons (Fsp3) is 0.333. The van der Waals surface area contributed by atoms with Crippen LogP contribution in [0, 0.1) is 5.82 Å². The highest BCUT2D eigenvalue weighted by atomic mass is 79.9.